The summed E-state index contributed by atoms with van der Waals surface area (Å²) >= 11 is 1.27. The highest BCUT2D eigenvalue weighted by Gasteiger charge is 2.30. The molecule has 1 saturated heterocycles. The first-order valence-corrected chi connectivity index (χ1v) is 14.9. The van der Waals surface area contributed by atoms with Gasteiger partial charge >= 0.3 is 0 Å². The molecule has 1 amide bonds. The highest BCUT2D eigenvalue weighted by atomic mass is 32.2. The van der Waals surface area contributed by atoms with Crippen LogP contribution in [0.5, 0.6) is 11.5 Å². The second-order valence-corrected chi connectivity index (χ2v) is 12.4. The van der Waals surface area contributed by atoms with E-state index in [1.165, 1.54) is 11.8 Å². The van der Waals surface area contributed by atoms with Crippen molar-refractivity contribution in [1.29, 1.82) is 0 Å². The maximum absolute atomic E-state index is 13.1. The number of nitrogens with one attached hydrogen (secondary N) is 1. The van der Waals surface area contributed by atoms with Crippen molar-refractivity contribution in [2.75, 3.05) is 24.4 Å². The number of aryl methyl sites for hydroxylation is 1. The summed E-state index contributed by atoms with van der Waals surface area (Å²) in [6, 6.07) is 12.2. The van der Waals surface area contributed by atoms with E-state index in [9.17, 15) is 13.2 Å². The zero-order chi connectivity index (χ0) is 26.4. The number of carbonyl (C=O) groups excluding carboxylic acids is 1. The van der Waals surface area contributed by atoms with E-state index in [0.717, 1.165) is 35.7 Å². The Morgan fingerprint density at radius 1 is 1.11 bits per heavy atom. The van der Waals surface area contributed by atoms with E-state index in [1.807, 2.05) is 36.4 Å². The number of piperidine rings is 1. The van der Waals surface area contributed by atoms with Crippen LogP contribution in [0.15, 0.2) is 52.5 Å². The van der Waals surface area contributed by atoms with Crippen LogP contribution in [-0.4, -0.2) is 58.4 Å². The number of nitrogens with zero attached hydrogens (tertiary/aromatic N) is 4. The number of carbonyl (C=O) groups is 1. The topological polar surface area (TPSA) is 115 Å². The molecular weight excluding hydrogens is 526 g/mol. The van der Waals surface area contributed by atoms with Crippen LogP contribution in [0.1, 0.15) is 31.7 Å². The second-order valence-electron chi connectivity index (χ2n) is 9.56. The van der Waals surface area contributed by atoms with Crippen LogP contribution in [0, 0.1) is 6.92 Å². The van der Waals surface area contributed by atoms with E-state index in [2.05, 4.69) is 15.5 Å². The number of fused-ring (bicyclic) bond motifs is 4. The monoisotopic (exact) mass is 553 g/mol. The average Bonchev–Trinajstić information content (AvgIpc) is 3.54. The molecule has 4 heterocycles. The van der Waals surface area contributed by atoms with Gasteiger partial charge in [-0.25, -0.2) is 8.42 Å². The fourth-order valence-corrected chi connectivity index (χ4v) is 7.44. The molecule has 1 fully saturated rings. The lowest BCUT2D eigenvalue weighted by Crippen LogP contribution is -2.41. The Hall–Kier alpha value is -3.35. The molecule has 6 rings (SSSR count). The van der Waals surface area contributed by atoms with Crippen molar-refractivity contribution in [2.24, 2.45) is 0 Å². The van der Waals surface area contributed by atoms with Gasteiger partial charge in [-0.05, 0) is 68.7 Å². The van der Waals surface area contributed by atoms with E-state index in [-0.39, 0.29) is 29.4 Å². The predicted molar refractivity (Wildman–Crippen MR) is 144 cm³/mol. The molecule has 2 aliphatic rings. The van der Waals surface area contributed by atoms with Crippen molar-refractivity contribution in [3.05, 3.63) is 48.0 Å². The summed E-state index contributed by atoms with van der Waals surface area (Å²) in [5, 5.41) is 13.0. The predicted octanol–water partition coefficient (Wildman–Crippen LogP) is 4.21. The second kappa shape index (κ2) is 9.75. The van der Waals surface area contributed by atoms with Crippen LogP contribution in [-0.2, 0) is 14.8 Å². The lowest BCUT2D eigenvalue weighted by atomic mass is 10.1. The quantitative estimate of drug-likeness (QED) is 0.353. The zero-order valence-electron chi connectivity index (χ0n) is 21.0. The normalized spacial score (nSPS) is 17.8. The first kappa shape index (κ1) is 25.0. The highest BCUT2D eigenvalue weighted by Crippen LogP contribution is 2.37. The smallest absolute Gasteiger partial charge is 0.243 e. The molecule has 38 heavy (non-hydrogen) atoms. The fraction of sp³-hybridized carbons (Fsp3) is 0.346. The van der Waals surface area contributed by atoms with Gasteiger partial charge in [0.1, 0.15) is 0 Å². The lowest BCUT2D eigenvalue weighted by molar-refractivity contribution is -0.113. The molecule has 12 heteroatoms. The summed E-state index contributed by atoms with van der Waals surface area (Å²) in [5.41, 5.74) is 3.05. The first-order chi connectivity index (χ1) is 18.3. The Balaban J connectivity index is 1.17. The molecule has 10 nitrogen and oxygen atoms in total. The summed E-state index contributed by atoms with van der Waals surface area (Å²) in [4.78, 5) is 13.0. The van der Waals surface area contributed by atoms with E-state index in [4.69, 9.17) is 9.47 Å². The van der Waals surface area contributed by atoms with Gasteiger partial charge in [-0.3, -0.25) is 9.20 Å². The van der Waals surface area contributed by atoms with E-state index in [1.54, 1.807) is 28.6 Å². The van der Waals surface area contributed by atoms with Crippen LogP contribution in [0.25, 0.3) is 16.6 Å². The Kier molecular flexibility index (Phi) is 6.40. The number of aromatic nitrogens is 3. The summed E-state index contributed by atoms with van der Waals surface area (Å²) in [6.45, 7) is 4.63. The molecule has 198 valence electrons. The van der Waals surface area contributed by atoms with Gasteiger partial charge < -0.3 is 14.8 Å². The standard InChI is InChI=1S/C26H27N5O5S2/c1-16-11-18-12-22-23(36-15-35-22)13-21(18)31-25(16)28-29-26(31)37-14-24(32)27-19-6-8-20(9-7-19)38(33,34)30-10-4-3-5-17(30)2/h6-9,11-13,17H,3-5,10,14-15H2,1-2H3,(H,27,32)/t17-/m0/s1. The van der Waals surface area contributed by atoms with Crippen LogP contribution < -0.4 is 14.8 Å². The molecule has 0 bridgehead atoms. The van der Waals surface area contributed by atoms with Crippen LogP contribution >= 0.6 is 11.8 Å². The van der Waals surface area contributed by atoms with Crippen molar-refractivity contribution >= 4 is 49.9 Å². The number of benzene rings is 2. The van der Waals surface area contributed by atoms with Crippen LogP contribution in [0.4, 0.5) is 5.69 Å². The van der Waals surface area contributed by atoms with E-state index >= 15 is 0 Å². The van der Waals surface area contributed by atoms with Gasteiger partial charge in [0.25, 0.3) is 0 Å². The number of ether oxygens (including phenoxy) is 2. The average molecular weight is 554 g/mol. The number of pyridine rings is 1. The van der Waals surface area contributed by atoms with Crippen molar-refractivity contribution in [2.45, 2.75) is 49.2 Å². The van der Waals surface area contributed by atoms with Gasteiger partial charge in [0.05, 0.1) is 16.2 Å². The summed E-state index contributed by atoms with van der Waals surface area (Å²) in [6.07, 6.45) is 2.78. The molecule has 0 unspecified atom stereocenters. The Bertz CT molecular complexity index is 1650. The summed E-state index contributed by atoms with van der Waals surface area (Å²) in [7, 11) is -3.56. The lowest BCUT2D eigenvalue weighted by Gasteiger charge is -2.32. The van der Waals surface area contributed by atoms with Gasteiger partial charge in [0.2, 0.25) is 22.7 Å². The molecule has 1 N–H and O–H groups in total. The molecule has 0 radical (unpaired) electrons. The Morgan fingerprint density at radius 2 is 1.87 bits per heavy atom. The zero-order valence-corrected chi connectivity index (χ0v) is 22.6. The van der Waals surface area contributed by atoms with Gasteiger partial charge in [-0.15, -0.1) is 10.2 Å². The summed E-state index contributed by atoms with van der Waals surface area (Å²) in [5.74, 6) is 1.22. The molecule has 0 saturated carbocycles. The number of thioether (sulfide) groups is 1. The molecule has 0 spiro atoms. The van der Waals surface area contributed by atoms with Gasteiger partial charge in [0.15, 0.2) is 22.3 Å². The number of anilines is 1. The number of amides is 1. The molecule has 2 aromatic carbocycles. The highest BCUT2D eigenvalue weighted by molar-refractivity contribution is 7.99. The van der Waals surface area contributed by atoms with Crippen molar-refractivity contribution < 1.29 is 22.7 Å². The molecule has 4 aromatic rings. The number of rotatable bonds is 6. The van der Waals surface area contributed by atoms with Gasteiger partial charge in [-0.2, -0.15) is 4.31 Å². The molecular formula is C26H27N5O5S2. The Labute approximate surface area is 224 Å². The minimum atomic E-state index is -3.56. The van der Waals surface area contributed by atoms with Gasteiger partial charge in [-0.1, -0.05) is 18.2 Å². The van der Waals surface area contributed by atoms with Crippen molar-refractivity contribution in [3.8, 4) is 11.5 Å². The number of hydrogen-bond acceptors (Lipinski definition) is 8. The van der Waals surface area contributed by atoms with Crippen molar-refractivity contribution in [1.82, 2.24) is 18.9 Å². The minimum Gasteiger partial charge on any atom is -0.454 e. The van der Waals surface area contributed by atoms with Crippen LogP contribution in [0.3, 0.4) is 0 Å². The third-order valence-electron chi connectivity index (χ3n) is 6.94. The largest absolute Gasteiger partial charge is 0.454 e. The SMILES string of the molecule is Cc1cc2cc3c(cc2n2c(SCC(=O)Nc4ccc(S(=O)(=O)N5CCCC[C@@H]5C)cc4)nnc12)OCO3. The maximum Gasteiger partial charge on any atom is 0.243 e. The molecule has 1 atom stereocenters. The number of hydrogen-bond donors (Lipinski definition) is 1. The molecule has 2 aliphatic heterocycles. The minimum absolute atomic E-state index is 0.0129. The third kappa shape index (κ3) is 4.46. The van der Waals surface area contributed by atoms with E-state index in [0.29, 0.717) is 34.5 Å². The molecule has 0 aliphatic carbocycles. The van der Waals surface area contributed by atoms with Crippen LogP contribution in [0.2, 0.25) is 0 Å². The molecule has 2 aromatic heterocycles. The summed E-state index contributed by atoms with van der Waals surface area (Å²) < 4.78 is 40.7. The fourth-order valence-electron chi connectivity index (χ4n) is 4.99. The van der Waals surface area contributed by atoms with Gasteiger partial charge in [0, 0.05) is 29.7 Å². The Morgan fingerprint density at radius 3 is 2.63 bits per heavy atom. The number of sulfonamides is 1. The third-order valence-corrected chi connectivity index (χ3v) is 9.90. The van der Waals surface area contributed by atoms with Crippen molar-refractivity contribution in [3.63, 3.8) is 0 Å². The maximum atomic E-state index is 13.1. The van der Waals surface area contributed by atoms with E-state index < -0.39 is 10.0 Å². The first-order valence-electron chi connectivity index (χ1n) is 12.4.